The Labute approximate surface area is 126 Å². The lowest BCUT2D eigenvalue weighted by Gasteiger charge is -2.18. The molecule has 1 atom stereocenters. The summed E-state index contributed by atoms with van der Waals surface area (Å²) in [7, 11) is 1.64. The Morgan fingerprint density at radius 1 is 1.47 bits per heavy atom. The summed E-state index contributed by atoms with van der Waals surface area (Å²) in [5.74, 6) is 1.69. The lowest BCUT2D eigenvalue weighted by atomic mass is 10.2. The number of hydrogen-bond acceptors (Lipinski definition) is 3. The lowest BCUT2D eigenvalue weighted by Crippen LogP contribution is -2.18. The highest BCUT2D eigenvalue weighted by atomic mass is 79.9. The van der Waals surface area contributed by atoms with Crippen LogP contribution in [0, 0.1) is 0 Å². The van der Waals surface area contributed by atoms with Crippen LogP contribution in [0.25, 0.3) is 0 Å². The predicted octanol–water partition coefficient (Wildman–Crippen LogP) is 4.75. The Morgan fingerprint density at radius 3 is 2.89 bits per heavy atom. The fourth-order valence-electron chi connectivity index (χ4n) is 1.92. The zero-order chi connectivity index (χ0) is 13.8. The van der Waals surface area contributed by atoms with Gasteiger partial charge in [-0.3, -0.25) is 0 Å². The van der Waals surface area contributed by atoms with Gasteiger partial charge < -0.3 is 14.5 Å². The standard InChI is InChI=1S/C14H15BrClNO2/c1-9(6-11-4-3-5-19-11)17-13-8-10(16)7-12(15)14(13)18-2/h3-5,7-9,17H,6H2,1-2H3. The molecule has 5 heteroatoms. The first-order valence-electron chi connectivity index (χ1n) is 5.92. The maximum atomic E-state index is 6.06. The van der Waals surface area contributed by atoms with Gasteiger partial charge in [-0.2, -0.15) is 0 Å². The molecule has 0 bridgehead atoms. The van der Waals surface area contributed by atoms with Crippen molar-refractivity contribution in [2.45, 2.75) is 19.4 Å². The Morgan fingerprint density at radius 2 is 2.26 bits per heavy atom. The van der Waals surface area contributed by atoms with Crippen LogP contribution in [0.3, 0.4) is 0 Å². The van der Waals surface area contributed by atoms with Crippen molar-refractivity contribution >= 4 is 33.2 Å². The summed E-state index contributed by atoms with van der Waals surface area (Å²) in [4.78, 5) is 0. The maximum absolute atomic E-state index is 6.06. The predicted molar refractivity (Wildman–Crippen MR) is 81.2 cm³/mol. The molecular formula is C14H15BrClNO2. The highest BCUT2D eigenvalue weighted by Crippen LogP contribution is 2.36. The van der Waals surface area contributed by atoms with E-state index in [1.165, 1.54) is 0 Å². The molecule has 2 rings (SSSR count). The van der Waals surface area contributed by atoms with Gasteiger partial charge in [-0.15, -0.1) is 0 Å². The first-order valence-corrected chi connectivity index (χ1v) is 7.09. The number of nitrogens with one attached hydrogen (secondary N) is 1. The van der Waals surface area contributed by atoms with Gasteiger partial charge in [0, 0.05) is 17.5 Å². The first-order chi connectivity index (χ1) is 9.10. The molecule has 0 radical (unpaired) electrons. The van der Waals surface area contributed by atoms with Crippen LogP contribution < -0.4 is 10.1 Å². The number of halogens is 2. The molecule has 2 aromatic rings. The number of ether oxygens (including phenoxy) is 1. The van der Waals surface area contributed by atoms with Crippen molar-refractivity contribution in [3.8, 4) is 5.75 Å². The van der Waals surface area contributed by atoms with E-state index < -0.39 is 0 Å². The van der Waals surface area contributed by atoms with Crippen LogP contribution in [0.1, 0.15) is 12.7 Å². The molecule has 1 aromatic heterocycles. The third kappa shape index (κ3) is 3.67. The van der Waals surface area contributed by atoms with E-state index in [1.54, 1.807) is 13.4 Å². The van der Waals surface area contributed by atoms with E-state index in [-0.39, 0.29) is 6.04 Å². The number of anilines is 1. The van der Waals surface area contributed by atoms with Crippen molar-refractivity contribution < 1.29 is 9.15 Å². The van der Waals surface area contributed by atoms with Gasteiger partial charge in [-0.05, 0) is 47.1 Å². The molecule has 1 aromatic carbocycles. The molecule has 0 aliphatic heterocycles. The van der Waals surface area contributed by atoms with E-state index in [0.717, 1.165) is 28.1 Å². The van der Waals surface area contributed by atoms with Gasteiger partial charge in [-0.25, -0.2) is 0 Å². The normalized spacial score (nSPS) is 12.2. The molecule has 1 heterocycles. The van der Waals surface area contributed by atoms with Gasteiger partial charge in [0.2, 0.25) is 0 Å². The molecule has 1 N–H and O–H groups in total. The minimum atomic E-state index is 0.199. The molecule has 1 unspecified atom stereocenters. The van der Waals surface area contributed by atoms with Gasteiger partial charge in [0.1, 0.15) is 5.76 Å². The molecule has 0 spiro atoms. The molecule has 0 saturated carbocycles. The van der Waals surface area contributed by atoms with Crippen molar-refractivity contribution in [2.24, 2.45) is 0 Å². The van der Waals surface area contributed by atoms with Crippen LogP contribution in [-0.4, -0.2) is 13.2 Å². The Bertz CT molecular complexity index is 543. The highest BCUT2D eigenvalue weighted by molar-refractivity contribution is 9.10. The van der Waals surface area contributed by atoms with Crippen molar-refractivity contribution in [1.29, 1.82) is 0 Å². The van der Waals surface area contributed by atoms with Crippen LogP contribution in [0.5, 0.6) is 5.75 Å². The van der Waals surface area contributed by atoms with Crippen LogP contribution in [-0.2, 0) is 6.42 Å². The lowest BCUT2D eigenvalue weighted by molar-refractivity contribution is 0.413. The largest absolute Gasteiger partial charge is 0.493 e. The van der Waals surface area contributed by atoms with Crippen LogP contribution in [0.2, 0.25) is 5.02 Å². The van der Waals surface area contributed by atoms with Gasteiger partial charge >= 0.3 is 0 Å². The van der Waals surface area contributed by atoms with E-state index in [0.29, 0.717) is 5.02 Å². The monoisotopic (exact) mass is 343 g/mol. The van der Waals surface area contributed by atoms with Crippen molar-refractivity contribution in [2.75, 3.05) is 12.4 Å². The SMILES string of the molecule is COc1c(Br)cc(Cl)cc1NC(C)Cc1ccco1. The van der Waals surface area contributed by atoms with Crippen molar-refractivity contribution in [3.63, 3.8) is 0 Å². The Kier molecular flexibility index (Phi) is 4.77. The fraction of sp³-hybridized carbons (Fsp3) is 0.286. The second-order valence-electron chi connectivity index (χ2n) is 4.30. The van der Waals surface area contributed by atoms with Crippen molar-refractivity contribution in [3.05, 3.63) is 45.8 Å². The van der Waals surface area contributed by atoms with E-state index in [1.807, 2.05) is 24.3 Å². The smallest absolute Gasteiger partial charge is 0.156 e. The maximum Gasteiger partial charge on any atom is 0.156 e. The molecule has 0 aliphatic carbocycles. The highest BCUT2D eigenvalue weighted by Gasteiger charge is 2.12. The quantitative estimate of drug-likeness (QED) is 0.850. The second-order valence-corrected chi connectivity index (χ2v) is 5.59. The van der Waals surface area contributed by atoms with Gasteiger partial charge in [0.25, 0.3) is 0 Å². The number of methoxy groups -OCH3 is 1. The molecule has 3 nitrogen and oxygen atoms in total. The summed E-state index contributed by atoms with van der Waals surface area (Å²) in [6.45, 7) is 2.08. The molecule has 0 amide bonds. The minimum absolute atomic E-state index is 0.199. The molecule has 0 saturated heterocycles. The molecular weight excluding hydrogens is 330 g/mol. The van der Waals surface area contributed by atoms with E-state index in [9.17, 15) is 0 Å². The summed E-state index contributed by atoms with van der Waals surface area (Å²) >= 11 is 9.50. The first kappa shape index (κ1) is 14.3. The van der Waals surface area contributed by atoms with Crippen LogP contribution >= 0.6 is 27.5 Å². The van der Waals surface area contributed by atoms with Crippen molar-refractivity contribution in [1.82, 2.24) is 0 Å². The molecule has 19 heavy (non-hydrogen) atoms. The van der Waals surface area contributed by atoms with Gasteiger partial charge in [0.15, 0.2) is 5.75 Å². The summed E-state index contributed by atoms with van der Waals surface area (Å²) in [6, 6.07) is 7.71. The van der Waals surface area contributed by atoms with E-state index >= 15 is 0 Å². The topological polar surface area (TPSA) is 34.4 Å². The summed E-state index contributed by atoms with van der Waals surface area (Å²) in [5, 5.41) is 4.04. The molecule has 0 fully saturated rings. The average Bonchev–Trinajstić information content (AvgIpc) is 2.81. The Hall–Kier alpha value is -1.13. The Balaban J connectivity index is 2.13. The number of benzene rings is 1. The van der Waals surface area contributed by atoms with Crippen LogP contribution in [0.15, 0.2) is 39.4 Å². The number of furan rings is 1. The van der Waals surface area contributed by atoms with Crippen LogP contribution in [0.4, 0.5) is 5.69 Å². The fourth-order valence-corrected chi connectivity index (χ4v) is 2.89. The van der Waals surface area contributed by atoms with E-state index in [4.69, 9.17) is 20.8 Å². The minimum Gasteiger partial charge on any atom is -0.493 e. The second kappa shape index (κ2) is 6.35. The summed E-state index contributed by atoms with van der Waals surface area (Å²) < 4.78 is 11.5. The van der Waals surface area contributed by atoms with Gasteiger partial charge in [0.05, 0.1) is 23.5 Å². The number of rotatable bonds is 5. The summed E-state index contributed by atoms with van der Waals surface area (Å²) in [6.07, 6.45) is 2.47. The van der Waals surface area contributed by atoms with Gasteiger partial charge in [-0.1, -0.05) is 11.6 Å². The molecule has 102 valence electrons. The zero-order valence-electron chi connectivity index (χ0n) is 10.7. The third-order valence-corrected chi connectivity index (χ3v) is 3.51. The zero-order valence-corrected chi connectivity index (χ0v) is 13.1. The number of hydrogen-bond donors (Lipinski definition) is 1. The summed E-state index contributed by atoms with van der Waals surface area (Å²) in [5.41, 5.74) is 0.862. The molecule has 0 aliphatic rings. The average molecular weight is 345 g/mol. The third-order valence-electron chi connectivity index (χ3n) is 2.70. The van der Waals surface area contributed by atoms with E-state index in [2.05, 4.69) is 28.2 Å².